The molecule has 36 heavy (non-hydrogen) atoms. The third-order valence-electron chi connectivity index (χ3n) is 6.68. The smallest absolute Gasteiger partial charge is 0.155 e. The number of aliphatic imine (C=N–C) groups is 1. The highest BCUT2D eigenvalue weighted by atomic mass is 16.5. The van der Waals surface area contributed by atoms with E-state index in [4.69, 9.17) is 20.5 Å². The number of benzene rings is 1. The molecule has 4 N–H and O–H groups in total. The summed E-state index contributed by atoms with van der Waals surface area (Å²) >= 11 is 0. The van der Waals surface area contributed by atoms with Gasteiger partial charge in [0, 0.05) is 42.7 Å². The van der Waals surface area contributed by atoms with Gasteiger partial charge in [0.05, 0.1) is 12.1 Å². The van der Waals surface area contributed by atoms with E-state index in [1.54, 1.807) is 6.92 Å². The molecule has 1 saturated heterocycles. The average molecular weight is 491 g/mol. The Morgan fingerprint density at radius 2 is 2.00 bits per heavy atom. The number of nitrogens with one attached hydrogen (secondary N) is 4. The van der Waals surface area contributed by atoms with Crippen LogP contribution in [0.1, 0.15) is 44.9 Å². The van der Waals surface area contributed by atoms with Crippen LogP contribution in [-0.2, 0) is 6.54 Å². The molecule has 0 atom stereocenters. The van der Waals surface area contributed by atoms with Gasteiger partial charge < -0.3 is 30.2 Å². The first-order valence-corrected chi connectivity index (χ1v) is 12.7. The van der Waals surface area contributed by atoms with Gasteiger partial charge >= 0.3 is 0 Å². The predicted molar refractivity (Wildman–Crippen MR) is 146 cm³/mol. The highest BCUT2D eigenvalue weighted by Crippen LogP contribution is 2.36. The van der Waals surface area contributed by atoms with Crippen molar-refractivity contribution >= 4 is 23.5 Å². The number of likely N-dealkylation sites (tertiary alicyclic amines) is 1. The molecule has 4 rings (SSSR count). The van der Waals surface area contributed by atoms with Gasteiger partial charge in [0.1, 0.15) is 29.7 Å². The molecule has 0 saturated carbocycles. The Kier molecular flexibility index (Phi) is 7.88. The van der Waals surface area contributed by atoms with E-state index in [2.05, 4.69) is 38.2 Å². The van der Waals surface area contributed by atoms with E-state index in [1.165, 1.54) is 6.21 Å². The minimum atomic E-state index is 0.167. The number of piperidine rings is 1. The second kappa shape index (κ2) is 11.1. The van der Waals surface area contributed by atoms with E-state index in [1.807, 2.05) is 39.2 Å². The number of nitrogens with zero attached hydrogens (tertiary/aromatic N) is 4. The fraction of sp³-hybridized carbons (Fsp3) is 0.481. The van der Waals surface area contributed by atoms with E-state index in [-0.39, 0.29) is 11.9 Å². The van der Waals surface area contributed by atoms with Gasteiger partial charge in [-0.1, -0.05) is 6.07 Å². The van der Waals surface area contributed by atoms with Gasteiger partial charge in [-0.2, -0.15) is 0 Å². The lowest BCUT2D eigenvalue weighted by molar-refractivity contribution is 0.235. The largest absolute Gasteiger partial charge is 0.491 e. The summed E-state index contributed by atoms with van der Waals surface area (Å²) < 4.78 is 8.25. The molecule has 0 spiro atoms. The Bertz CT molecular complexity index is 1180. The van der Waals surface area contributed by atoms with Crippen LogP contribution < -0.4 is 15.4 Å². The Labute approximate surface area is 213 Å². The Morgan fingerprint density at radius 3 is 2.64 bits per heavy atom. The van der Waals surface area contributed by atoms with E-state index in [0.717, 1.165) is 59.9 Å². The quantitative estimate of drug-likeness (QED) is 0.365. The van der Waals surface area contributed by atoms with Crippen molar-refractivity contribution in [1.82, 2.24) is 25.1 Å². The lowest BCUT2D eigenvalue weighted by atomic mass is 9.88. The van der Waals surface area contributed by atoms with E-state index < -0.39 is 0 Å². The number of amidine groups is 2. The summed E-state index contributed by atoms with van der Waals surface area (Å²) in [6.45, 7) is 9.05. The molecule has 9 heteroatoms. The maximum Gasteiger partial charge on any atom is 0.155 e. The number of imidazole rings is 1. The molecule has 0 bridgehead atoms. The van der Waals surface area contributed by atoms with Gasteiger partial charge in [-0.3, -0.25) is 5.41 Å². The van der Waals surface area contributed by atoms with Crippen LogP contribution in [-0.4, -0.2) is 72.2 Å². The van der Waals surface area contributed by atoms with Crippen LogP contribution in [0.25, 0.3) is 17.0 Å². The molecule has 0 radical (unpaired) electrons. The predicted octanol–water partition coefficient (Wildman–Crippen LogP) is 3.61. The molecule has 0 aliphatic carbocycles. The molecular formula is C27H38N8O. The fourth-order valence-corrected chi connectivity index (χ4v) is 4.94. The lowest BCUT2D eigenvalue weighted by Crippen LogP contribution is -2.33. The van der Waals surface area contributed by atoms with Crippen molar-refractivity contribution < 1.29 is 4.74 Å². The monoisotopic (exact) mass is 490 g/mol. The van der Waals surface area contributed by atoms with E-state index in [9.17, 15) is 0 Å². The molecular weight excluding hydrogens is 452 g/mol. The summed E-state index contributed by atoms with van der Waals surface area (Å²) in [7, 11) is 4.12. The summed E-state index contributed by atoms with van der Waals surface area (Å²) in [5.74, 6) is 2.82. The van der Waals surface area contributed by atoms with Gasteiger partial charge in [0.15, 0.2) is 5.84 Å². The average Bonchev–Trinajstić information content (AvgIpc) is 3.18. The topological polar surface area (TPSA) is 114 Å². The van der Waals surface area contributed by atoms with Gasteiger partial charge in [0.2, 0.25) is 0 Å². The molecule has 1 fully saturated rings. The van der Waals surface area contributed by atoms with Crippen molar-refractivity contribution in [3.63, 3.8) is 0 Å². The lowest BCUT2D eigenvalue weighted by Gasteiger charge is -2.31. The number of ether oxygens (including phenoxy) is 1. The van der Waals surface area contributed by atoms with Crippen LogP contribution in [0.3, 0.4) is 0 Å². The van der Waals surface area contributed by atoms with Crippen LogP contribution in [0.2, 0.25) is 0 Å². The number of allylic oxidation sites excluding steroid dienone is 2. The Balaban J connectivity index is 1.73. The SMILES string of the molecule is CN/C(=C(\C=N)c1ccc2c(c1)OCCn1cc(/C(=N/C(C)=N)NC(C)C)nc1-2)C1CCN(C)CC1. The molecule has 1 aromatic carbocycles. The first kappa shape index (κ1) is 25.6. The maximum absolute atomic E-state index is 8.22. The van der Waals surface area contributed by atoms with Crippen molar-refractivity contribution in [2.75, 3.05) is 33.8 Å². The second-order valence-corrected chi connectivity index (χ2v) is 9.85. The maximum atomic E-state index is 8.22. The van der Waals surface area contributed by atoms with Crippen molar-refractivity contribution in [3.05, 3.63) is 41.4 Å². The van der Waals surface area contributed by atoms with Gasteiger partial charge in [-0.05, 0) is 71.4 Å². The summed E-state index contributed by atoms with van der Waals surface area (Å²) in [4.78, 5) is 11.6. The highest BCUT2D eigenvalue weighted by molar-refractivity contribution is 6.10. The number of rotatable bonds is 6. The van der Waals surface area contributed by atoms with Crippen molar-refractivity contribution in [2.24, 2.45) is 10.9 Å². The van der Waals surface area contributed by atoms with Crippen LogP contribution >= 0.6 is 0 Å². The van der Waals surface area contributed by atoms with E-state index >= 15 is 0 Å². The van der Waals surface area contributed by atoms with Gasteiger partial charge in [-0.25, -0.2) is 9.98 Å². The first-order chi connectivity index (χ1) is 17.3. The van der Waals surface area contributed by atoms with Gasteiger partial charge in [-0.15, -0.1) is 0 Å². The minimum absolute atomic E-state index is 0.167. The van der Waals surface area contributed by atoms with Crippen molar-refractivity contribution in [3.8, 4) is 17.1 Å². The van der Waals surface area contributed by atoms with Crippen LogP contribution in [0.5, 0.6) is 5.75 Å². The zero-order valence-electron chi connectivity index (χ0n) is 22.0. The highest BCUT2D eigenvalue weighted by Gasteiger charge is 2.25. The minimum Gasteiger partial charge on any atom is -0.491 e. The van der Waals surface area contributed by atoms with Crippen LogP contribution in [0, 0.1) is 16.7 Å². The normalized spacial score (nSPS) is 17.4. The summed E-state index contributed by atoms with van der Waals surface area (Å²) in [5, 5.41) is 22.8. The number of hydrogen-bond donors (Lipinski definition) is 4. The van der Waals surface area contributed by atoms with Crippen molar-refractivity contribution in [2.45, 2.75) is 46.2 Å². The van der Waals surface area contributed by atoms with Crippen LogP contribution in [0.15, 0.2) is 35.1 Å². The zero-order valence-corrected chi connectivity index (χ0v) is 22.0. The zero-order chi connectivity index (χ0) is 25.8. The second-order valence-electron chi connectivity index (χ2n) is 9.85. The Morgan fingerprint density at radius 1 is 1.25 bits per heavy atom. The fourth-order valence-electron chi connectivity index (χ4n) is 4.94. The standard InChI is InChI=1S/C27H38N8O/c1-17(2)31-26(32-18(3)29)23-16-35-12-13-36-24-14-20(6-7-21(24)27(35)33-23)22(15-28)25(30-4)19-8-10-34(5)11-9-19/h6-7,14-17,19,28,30H,8-13H2,1-5H3,(H2,29,31,32)/b25-22+,28-15?. The van der Waals surface area contributed by atoms with Crippen LogP contribution in [0.4, 0.5) is 0 Å². The summed E-state index contributed by atoms with van der Waals surface area (Å²) in [5.41, 5.74) is 4.62. The number of aromatic nitrogens is 2. The molecule has 0 amide bonds. The van der Waals surface area contributed by atoms with E-state index in [0.29, 0.717) is 30.6 Å². The molecule has 1 aromatic heterocycles. The summed E-state index contributed by atoms with van der Waals surface area (Å²) in [6, 6.07) is 6.30. The molecule has 9 nitrogen and oxygen atoms in total. The molecule has 0 unspecified atom stereocenters. The summed E-state index contributed by atoms with van der Waals surface area (Å²) in [6.07, 6.45) is 5.59. The first-order valence-electron chi connectivity index (χ1n) is 12.7. The molecule has 2 aromatic rings. The van der Waals surface area contributed by atoms with Crippen molar-refractivity contribution in [1.29, 1.82) is 10.8 Å². The van der Waals surface area contributed by atoms with Gasteiger partial charge in [0.25, 0.3) is 0 Å². The Hall–Kier alpha value is -3.46. The molecule has 2 aliphatic rings. The molecule has 2 aliphatic heterocycles. The number of hydrogen-bond acceptors (Lipinski definition) is 6. The third-order valence-corrected chi connectivity index (χ3v) is 6.68. The number of fused-ring (bicyclic) bond motifs is 3. The molecule has 3 heterocycles. The third kappa shape index (κ3) is 5.51. The molecule has 192 valence electrons.